The lowest BCUT2D eigenvalue weighted by atomic mass is 10.1. The van der Waals surface area contributed by atoms with Crippen molar-refractivity contribution in [3.05, 3.63) is 48.0 Å². The van der Waals surface area contributed by atoms with E-state index >= 15 is 0 Å². The summed E-state index contributed by atoms with van der Waals surface area (Å²) in [6.45, 7) is 1.57. The standard InChI is InChI=1S/C18H22N4O2/c23-18(11-8-14-5-2-1-3-6-14)20-17-10-9-16(21-22-17)19-13-15-7-4-12-24-15/h1-3,5-6,9-10,15H,4,7-8,11-13H2,(H,19,21)(H,20,22,23). The Morgan fingerprint density at radius 2 is 1.92 bits per heavy atom. The molecular weight excluding hydrogens is 304 g/mol. The Kier molecular flexibility index (Phi) is 5.74. The fourth-order valence-electron chi connectivity index (χ4n) is 2.62. The van der Waals surface area contributed by atoms with E-state index in [0.29, 0.717) is 24.5 Å². The quantitative estimate of drug-likeness (QED) is 0.818. The average Bonchev–Trinajstić information content (AvgIpc) is 3.14. The van der Waals surface area contributed by atoms with Gasteiger partial charge in [-0.3, -0.25) is 4.79 Å². The Morgan fingerprint density at radius 3 is 2.62 bits per heavy atom. The molecule has 6 heteroatoms. The fourth-order valence-corrected chi connectivity index (χ4v) is 2.62. The first-order valence-corrected chi connectivity index (χ1v) is 8.32. The summed E-state index contributed by atoms with van der Waals surface area (Å²) in [5, 5.41) is 14.1. The number of ether oxygens (including phenoxy) is 1. The number of nitrogens with one attached hydrogen (secondary N) is 2. The lowest BCUT2D eigenvalue weighted by molar-refractivity contribution is -0.116. The van der Waals surface area contributed by atoms with Crippen LogP contribution in [0.3, 0.4) is 0 Å². The molecule has 24 heavy (non-hydrogen) atoms. The van der Waals surface area contributed by atoms with Gasteiger partial charge < -0.3 is 15.4 Å². The van der Waals surface area contributed by atoms with Crippen molar-refractivity contribution in [3.8, 4) is 0 Å². The zero-order valence-electron chi connectivity index (χ0n) is 13.6. The van der Waals surface area contributed by atoms with Gasteiger partial charge in [0.05, 0.1) is 6.10 Å². The highest BCUT2D eigenvalue weighted by atomic mass is 16.5. The highest BCUT2D eigenvalue weighted by molar-refractivity contribution is 5.89. The molecule has 1 aliphatic rings. The molecule has 1 amide bonds. The van der Waals surface area contributed by atoms with E-state index in [-0.39, 0.29) is 12.0 Å². The van der Waals surface area contributed by atoms with Crippen LogP contribution in [0.25, 0.3) is 0 Å². The first kappa shape index (κ1) is 16.4. The van der Waals surface area contributed by atoms with Crippen molar-refractivity contribution >= 4 is 17.5 Å². The van der Waals surface area contributed by atoms with Gasteiger partial charge in [0, 0.05) is 19.6 Å². The van der Waals surface area contributed by atoms with Gasteiger partial charge in [-0.15, -0.1) is 10.2 Å². The fraction of sp³-hybridized carbons (Fsp3) is 0.389. The number of carbonyl (C=O) groups excluding carboxylic acids is 1. The monoisotopic (exact) mass is 326 g/mol. The minimum Gasteiger partial charge on any atom is -0.376 e. The van der Waals surface area contributed by atoms with Gasteiger partial charge in [-0.1, -0.05) is 30.3 Å². The van der Waals surface area contributed by atoms with E-state index in [1.807, 2.05) is 36.4 Å². The normalized spacial score (nSPS) is 16.8. The van der Waals surface area contributed by atoms with Crippen LogP contribution in [-0.4, -0.2) is 35.4 Å². The second-order valence-electron chi connectivity index (χ2n) is 5.85. The van der Waals surface area contributed by atoms with Crippen molar-refractivity contribution in [1.29, 1.82) is 0 Å². The molecule has 1 aliphatic heterocycles. The van der Waals surface area contributed by atoms with Gasteiger partial charge in [0.25, 0.3) is 0 Å². The van der Waals surface area contributed by atoms with Crippen LogP contribution in [0.15, 0.2) is 42.5 Å². The number of anilines is 2. The average molecular weight is 326 g/mol. The summed E-state index contributed by atoms with van der Waals surface area (Å²) in [6.07, 6.45) is 3.58. The molecule has 0 aliphatic carbocycles. The summed E-state index contributed by atoms with van der Waals surface area (Å²) in [6, 6.07) is 13.5. The predicted molar refractivity (Wildman–Crippen MR) is 92.9 cm³/mol. The molecular formula is C18H22N4O2. The van der Waals surface area contributed by atoms with E-state index in [2.05, 4.69) is 20.8 Å². The van der Waals surface area contributed by atoms with Gasteiger partial charge in [0.1, 0.15) is 5.82 Å². The van der Waals surface area contributed by atoms with Gasteiger partial charge in [0.15, 0.2) is 5.82 Å². The predicted octanol–water partition coefficient (Wildman–Crippen LogP) is 2.64. The molecule has 0 bridgehead atoms. The summed E-state index contributed by atoms with van der Waals surface area (Å²) in [4.78, 5) is 12.0. The molecule has 1 aromatic heterocycles. The number of benzene rings is 1. The second-order valence-corrected chi connectivity index (χ2v) is 5.85. The zero-order chi connectivity index (χ0) is 16.6. The molecule has 0 saturated carbocycles. The molecule has 1 fully saturated rings. The molecule has 1 aromatic carbocycles. The van der Waals surface area contributed by atoms with Crippen molar-refractivity contribution in [1.82, 2.24) is 10.2 Å². The third kappa shape index (κ3) is 5.03. The maximum atomic E-state index is 12.0. The van der Waals surface area contributed by atoms with Crippen LogP contribution in [0.5, 0.6) is 0 Å². The van der Waals surface area contributed by atoms with E-state index in [1.54, 1.807) is 6.07 Å². The van der Waals surface area contributed by atoms with Crippen molar-refractivity contribution < 1.29 is 9.53 Å². The van der Waals surface area contributed by atoms with Crippen molar-refractivity contribution in [2.45, 2.75) is 31.8 Å². The zero-order valence-corrected chi connectivity index (χ0v) is 13.6. The first-order valence-electron chi connectivity index (χ1n) is 8.32. The maximum absolute atomic E-state index is 12.0. The molecule has 1 unspecified atom stereocenters. The van der Waals surface area contributed by atoms with E-state index in [4.69, 9.17) is 4.74 Å². The number of rotatable bonds is 7. The second kappa shape index (κ2) is 8.40. The van der Waals surface area contributed by atoms with Crippen LogP contribution in [0.2, 0.25) is 0 Å². The molecule has 3 rings (SSSR count). The first-order chi connectivity index (χ1) is 11.8. The third-order valence-corrected chi connectivity index (χ3v) is 3.95. The largest absolute Gasteiger partial charge is 0.376 e. The van der Waals surface area contributed by atoms with Crippen LogP contribution in [0, 0.1) is 0 Å². The molecule has 6 nitrogen and oxygen atoms in total. The Labute approximate surface area is 141 Å². The summed E-state index contributed by atoms with van der Waals surface area (Å²) in [7, 11) is 0. The number of hydrogen-bond donors (Lipinski definition) is 2. The van der Waals surface area contributed by atoms with Crippen LogP contribution < -0.4 is 10.6 Å². The van der Waals surface area contributed by atoms with Crippen LogP contribution >= 0.6 is 0 Å². The summed E-state index contributed by atoms with van der Waals surface area (Å²) in [5.41, 5.74) is 1.15. The van der Waals surface area contributed by atoms with Crippen molar-refractivity contribution in [3.63, 3.8) is 0 Å². The van der Waals surface area contributed by atoms with Gasteiger partial charge in [0.2, 0.25) is 5.91 Å². The van der Waals surface area contributed by atoms with E-state index in [1.165, 1.54) is 0 Å². The highest BCUT2D eigenvalue weighted by Gasteiger charge is 2.15. The minimum atomic E-state index is -0.0618. The van der Waals surface area contributed by atoms with Crippen molar-refractivity contribution in [2.24, 2.45) is 0 Å². The van der Waals surface area contributed by atoms with E-state index in [9.17, 15) is 4.79 Å². The van der Waals surface area contributed by atoms with E-state index in [0.717, 1.165) is 31.6 Å². The minimum absolute atomic E-state index is 0.0618. The number of nitrogens with zero attached hydrogens (tertiary/aromatic N) is 2. The summed E-state index contributed by atoms with van der Waals surface area (Å²) >= 11 is 0. The molecule has 2 heterocycles. The number of aryl methyl sites for hydroxylation is 1. The number of hydrogen-bond acceptors (Lipinski definition) is 5. The molecule has 2 aromatic rings. The number of amides is 1. The maximum Gasteiger partial charge on any atom is 0.225 e. The Balaban J connectivity index is 1.42. The Morgan fingerprint density at radius 1 is 1.12 bits per heavy atom. The SMILES string of the molecule is O=C(CCc1ccccc1)Nc1ccc(NCC2CCCO2)nn1. The van der Waals surface area contributed by atoms with E-state index < -0.39 is 0 Å². The van der Waals surface area contributed by atoms with Gasteiger partial charge in [-0.25, -0.2) is 0 Å². The lowest BCUT2D eigenvalue weighted by Crippen LogP contribution is -2.19. The Bertz CT molecular complexity index is 640. The van der Waals surface area contributed by atoms with Crippen LogP contribution in [0.4, 0.5) is 11.6 Å². The molecule has 1 saturated heterocycles. The molecule has 2 N–H and O–H groups in total. The summed E-state index contributed by atoms with van der Waals surface area (Å²) in [5.74, 6) is 1.09. The number of aromatic nitrogens is 2. The van der Waals surface area contributed by atoms with Gasteiger partial charge in [-0.05, 0) is 37.0 Å². The molecule has 1 atom stereocenters. The van der Waals surface area contributed by atoms with Gasteiger partial charge in [-0.2, -0.15) is 0 Å². The number of carbonyl (C=O) groups is 1. The Hall–Kier alpha value is -2.47. The highest BCUT2D eigenvalue weighted by Crippen LogP contribution is 2.13. The van der Waals surface area contributed by atoms with Crippen LogP contribution in [0.1, 0.15) is 24.8 Å². The van der Waals surface area contributed by atoms with Gasteiger partial charge >= 0.3 is 0 Å². The lowest BCUT2D eigenvalue weighted by Gasteiger charge is -2.11. The van der Waals surface area contributed by atoms with Crippen molar-refractivity contribution in [2.75, 3.05) is 23.8 Å². The molecule has 0 spiro atoms. The topological polar surface area (TPSA) is 76.1 Å². The summed E-state index contributed by atoms with van der Waals surface area (Å²) < 4.78 is 5.55. The third-order valence-electron chi connectivity index (χ3n) is 3.95. The van der Waals surface area contributed by atoms with Crippen LogP contribution in [-0.2, 0) is 16.0 Å². The smallest absolute Gasteiger partial charge is 0.225 e. The molecule has 126 valence electrons. The molecule has 0 radical (unpaired) electrons.